The quantitative estimate of drug-likeness (QED) is 0.102. The van der Waals surface area contributed by atoms with Crippen LogP contribution in [0.3, 0.4) is 0 Å². The van der Waals surface area contributed by atoms with Crippen molar-refractivity contribution in [2.24, 2.45) is 0 Å². The van der Waals surface area contributed by atoms with Crippen molar-refractivity contribution in [3.05, 3.63) is 209 Å². The molecule has 0 bridgehead atoms. The number of nitrogens with zero attached hydrogens (tertiary/aromatic N) is 2. The van der Waals surface area contributed by atoms with Gasteiger partial charge in [0.05, 0.1) is 16.1 Å². The third kappa shape index (κ3) is 13.2. The van der Waals surface area contributed by atoms with Crippen molar-refractivity contribution in [2.75, 3.05) is 13.1 Å². The van der Waals surface area contributed by atoms with Gasteiger partial charge in [-0.05, 0) is 138 Å². The van der Waals surface area contributed by atoms with Crippen LogP contribution in [-0.4, -0.2) is 34.7 Å². The van der Waals surface area contributed by atoms with Gasteiger partial charge in [-0.25, -0.2) is 8.78 Å². The van der Waals surface area contributed by atoms with E-state index in [2.05, 4.69) is 24.3 Å². The maximum atomic E-state index is 14.7. The van der Waals surface area contributed by atoms with Gasteiger partial charge < -0.3 is 9.80 Å². The Kier molecular flexibility index (Phi) is 16.5. The predicted molar refractivity (Wildman–Crippen MR) is 254 cm³/mol. The SMILES string of the molecule is O=C(c1cc(C(F)(F)F)cc(Cl)c1F)N(CCc1ccc(F)cc1)Cc1ccc(C2CCC2)cc1.O=C(c1cc(Cl)cc(Cl)c1)N(CCc1ccc(Cl)cc1)Cc1ccc(C2CCC2)cc1. The van der Waals surface area contributed by atoms with E-state index in [4.69, 9.17) is 46.4 Å². The number of carbonyl (C=O) groups is 2. The average Bonchev–Trinajstić information content (AvgIpc) is 3.25. The van der Waals surface area contributed by atoms with Crippen LogP contribution in [0, 0.1) is 11.6 Å². The number of hydrogen-bond donors (Lipinski definition) is 0. The standard InChI is InChI=1S/C27H23ClF5NO.C26H24Cl3NO/c28-24-15-21(27(31,32)33)14-23(25(24)30)26(35)34(13-12-17-6-10-22(29)11-7-17)16-18-4-8-20(9-5-18)19-2-1-3-19;27-23-10-6-18(7-11-23)12-13-30(26(31)22-14-24(28)16-25(29)15-22)17-19-4-8-21(9-5-19)20-2-1-3-20/h4-11,14-15,19H,1-3,12-13,16H2;4-11,14-16,20H,1-3,12-13,17H2. The maximum Gasteiger partial charge on any atom is 0.416 e. The fraction of sp³-hybridized carbons (Fsp3) is 0.283. The van der Waals surface area contributed by atoms with Crippen molar-refractivity contribution >= 4 is 58.2 Å². The Morgan fingerprint density at radius 3 is 1.41 bits per heavy atom. The van der Waals surface area contributed by atoms with Gasteiger partial charge in [0.15, 0.2) is 5.82 Å². The molecule has 0 spiro atoms. The van der Waals surface area contributed by atoms with E-state index >= 15 is 0 Å². The van der Waals surface area contributed by atoms with E-state index in [0.717, 1.165) is 41.5 Å². The summed E-state index contributed by atoms with van der Waals surface area (Å²) in [5.41, 5.74) is 4.90. The van der Waals surface area contributed by atoms with Crippen LogP contribution in [-0.2, 0) is 32.1 Å². The molecular formula is C53H47Cl4F5N2O2. The van der Waals surface area contributed by atoms with Crippen LogP contribution in [0.2, 0.25) is 20.1 Å². The third-order valence-electron chi connectivity index (χ3n) is 12.3. The Labute approximate surface area is 402 Å². The van der Waals surface area contributed by atoms with E-state index in [0.29, 0.717) is 64.1 Å². The smallest absolute Gasteiger partial charge is 0.334 e. The minimum absolute atomic E-state index is 0.0677. The lowest BCUT2D eigenvalue weighted by atomic mass is 9.80. The topological polar surface area (TPSA) is 40.6 Å². The number of hydrogen-bond acceptors (Lipinski definition) is 2. The largest absolute Gasteiger partial charge is 0.416 e. The molecule has 2 amide bonds. The zero-order valence-electron chi connectivity index (χ0n) is 35.9. The molecule has 2 saturated carbocycles. The Balaban J connectivity index is 0.000000198. The summed E-state index contributed by atoms with van der Waals surface area (Å²) >= 11 is 24.0. The van der Waals surface area contributed by atoms with Crippen molar-refractivity contribution in [2.45, 2.75) is 82.5 Å². The molecule has 0 aliphatic heterocycles. The molecule has 0 heterocycles. The minimum atomic E-state index is -4.79. The highest BCUT2D eigenvalue weighted by Gasteiger charge is 2.34. The van der Waals surface area contributed by atoms with Crippen LogP contribution in [0.1, 0.15) is 110 Å². The van der Waals surface area contributed by atoms with E-state index in [1.807, 2.05) is 53.4 Å². The highest BCUT2D eigenvalue weighted by molar-refractivity contribution is 6.35. The number of carbonyl (C=O) groups excluding carboxylic acids is 2. The van der Waals surface area contributed by atoms with Crippen LogP contribution in [0.4, 0.5) is 22.0 Å². The van der Waals surface area contributed by atoms with Crippen LogP contribution in [0.5, 0.6) is 0 Å². The average molecular weight is 981 g/mol. The lowest BCUT2D eigenvalue weighted by Gasteiger charge is -2.27. The number of rotatable bonds is 14. The second-order valence-corrected chi connectivity index (χ2v) is 18.6. The Morgan fingerprint density at radius 1 is 0.530 bits per heavy atom. The van der Waals surface area contributed by atoms with Crippen LogP contribution < -0.4 is 0 Å². The first-order chi connectivity index (χ1) is 31.6. The molecular weight excluding hydrogens is 933 g/mol. The first-order valence-corrected chi connectivity index (χ1v) is 23.4. The zero-order valence-corrected chi connectivity index (χ0v) is 38.9. The maximum absolute atomic E-state index is 14.7. The van der Waals surface area contributed by atoms with Crippen molar-refractivity contribution in [1.29, 1.82) is 0 Å². The van der Waals surface area contributed by atoms with Crippen LogP contribution >= 0.6 is 46.4 Å². The Morgan fingerprint density at radius 2 is 0.970 bits per heavy atom. The van der Waals surface area contributed by atoms with E-state index < -0.39 is 39.9 Å². The fourth-order valence-electron chi connectivity index (χ4n) is 7.99. The first-order valence-electron chi connectivity index (χ1n) is 21.9. The number of benzene rings is 6. The molecule has 13 heteroatoms. The second-order valence-electron chi connectivity index (χ2n) is 16.9. The second kappa shape index (κ2) is 22.2. The number of alkyl halides is 3. The zero-order chi connectivity index (χ0) is 47.0. The highest BCUT2D eigenvalue weighted by Crippen LogP contribution is 2.38. The van der Waals surface area contributed by atoms with Crippen LogP contribution in [0.15, 0.2) is 127 Å². The van der Waals surface area contributed by atoms with Crippen molar-refractivity contribution in [3.8, 4) is 0 Å². The summed E-state index contributed by atoms with van der Waals surface area (Å²) < 4.78 is 67.9. The van der Waals surface area contributed by atoms with Crippen LogP contribution in [0.25, 0.3) is 0 Å². The summed E-state index contributed by atoms with van der Waals surface area (Å²) in [6.45, 7) is 1.26. The molecule has 6 aromatic rings. The molecule has 0 atom stereocenters. The molecule has 0 unspecified atom stereocenters. The van der Waals surface area contributed by atoms with Crippen molar-refractivity contribution in [1.82, 2.24) is 9.80 Å². The summed E-state index contributed by atoms with van der Waals surface area (Å²) in [6, 6.07) is 35.8. The summed E-state index contributed by atoms with van der Waals surface area (Å²) in [5.74, 6) is -1.36. The lowest BCUT2D eigenvalue weighted by molar-refractivity contribution is -0.137. The normalized spacial score (nSPS) is 13.8. The molecule has 0 saturated heterocycles. The van der Waals surface area contributed by atoms with Gasteiger partial charge in [0.1, 0.15) is 5.82 Å². The van der Waals surface area contributed by atoms with Gasteiger partial charge in [0, 0.05) is 46.8 Å². The van der Waals surface area contributed by atoms with Gasteiger partial charge in [0.25, 0.3) is 11.8 Å². The monoisotopic (exact) mass is 978 g/mol. The van der Waals surface area contributed by atoms with Gasteiger partial charge in [-0.15, -0.1) is 0 Å². The molecule has 2 fully saturated rings. The van der Waals surface area contributed by atoms with Crippen molar-refractivity contribution in [3.63, 3.8) is 0 Å². The third-order valence-corrected chi connectivity index (χ3v) is 13.3. The minimum Gasteiger partial charge on any atom is -0.334 e. The summed E-state index contributed by atoms with van der Waals surface area (Å²) in [6.07, 6.45) is 3.60. The molecule has 0 radical (unpaired) electrons. The summed E-state index contributed by atoms with van der Waals surface area (Å²) in [5, 5.41) is 0.847. The van der Waals surface area contributed by atoms with E-state index in [1.54, 1.807) is 30.3 Å². The fourth-order valence-corrected chi connectivity index (χ4v) is 8.86. The Bertz CT molecular complexity index is 2580. The molecule has 8 rings (SSSR count). The van der Waals surface area contributed by atoms with Gasteiger partial charge in [-0.2, -0.15) is 13.2 Å². The predicted octanol–water partition coefficient (Wildman–Crippen LogP) is 15.6. The molecule has 66 heavy (non-hydrogen) atoms. The number of halogens is 9. The van der Waals surface area contributed by atoms with Gasteiger partial charge in [-0.1, -0.05) is 132 Å². The van der Waals surface area contributed by atoms with Gasteiger partial charge >= 0.3 is 6.18 Å². The van der Waals surface area contributed by atoms with E-state index in [1.165, 1.54) is 53.8 Å². The molecule has 2 aliphatic carbocycles. The van der Waals surface area contributed by atoms with Crippen molar-refractivity contribution < 1.29 is 31.5 Å². The highest BCUT2D eigenvalue weighted by atomic mass is 35.5. The molecule has 2 aliphatic rings. The molecule has 6 aromatic carbocycles. The molecule has 4 nitrogen and oxygen atoms in total. The van der Waals surface area contributed by atoms with E-state index in [9.17, 15) is 31.5 Å². The number of amides is 2. The Hall–Kier alpha value is -4.93. The lowest BCUT2D eigenvalue weighted by Crippen LogP contribution is -2.33. The summed E-state index contributed by atoms with van der Waals surface area (Å²) in [4.78, 5) is 29.8. The van der Waals surface area contributed by atoms with Gasteiger partial charge in [-0.3, -0.25) is 9.59 Å². The molecule has 344 valence electrons. The molecule has 0 N–H and O–H groups in total. The van der Waals surface area contributed by atoms with Gasteiger partial charge in [0.2, 0.25) is 0 Å². The molecule has 0 aromatic heterocycles. The van der Waals surface area contributed by atoms with E-state index in [-0.39, 0.29) is 19.0 Å². The first kappa shape index (κ1) is 49.0. The summed E-state index contributed by atoms with van der Waals surface area (Å²) in [7, 11) is 0.